The SMILES string of the molecule is CC(C)(C)[Si](OCCOCCOCCOCCOCCOCCOCCO[Si](C)(C)C)(c1ccccc1)c1ccccc1. The molecule has 2 aromatic carbocycles. The molecule has 0 bridgehead atoms. The molecule has 2 rings (SSSR count). The van der Waals surface area contributed by atoms with Crippen LogP contribution in [0.2, 0.25) is 24.7 Å². The molecule has 0 aliphatic heterocycles. The van der Waals surface area contributed by atoms with E-state index in [-0.39, 0.29) is 5.04 Å². The van der Waals surface area contributed by atoms with Crippen LogP contribution < -0.4 is 10.4 Å². The van der Waals surface area contributed by atoms with Crippen LogP contribution in [0.25, 0.3) is 0 Å². The Morgan fingerprint density at radius 1 is 0.419 bits per heavy atom. The highest BCUT2D eigenvalue weighted by Gasteiger charge is 2.49. The maximum Gasteiger partial charge on any atom is 0.261 e. The monoisotopic (exact) mass is 636 g/mol. The van der Waals surface area contributed by atoms with Gasteiger partial charge in [0.15, 0.2) is 8.32 Å². The van der Waals surface area contributed by atoms with Crippen molar-refractivity contribution in [1.82, 2.24) is 0 Å². The molecule has 244 valence electrons. The molecular weight excluding hydrogens is 581 g/mol. The van der Waals surface area contributed by atoms with Gasteiger partial charge >= 0.3 is 0 Å². The maximum atomic E-state index is 6.84. The molecule has 0 N–H and O–H groups in total. The maximum absolute atomic E-state index is 6.84. The third-order valence-electron chi connectivity index (χ3n) is 6.59. The molecule has 0 saturated carbocycles. The zero-order valence-electron chi connectivity index (χ0n) is 27.4. The van der Waals surface area contributed by atoms with Gasteiger partial charge in [-0.3, -0.25) is 0 Å². The smallest absolute Gasteiger partial charge is 0.261 e. The highest BCUT2D eigenvalue weighted by molar-refractivity contribution is 6.99. The van der Waals surface area contributed by atoms with Crippen molar-refractivity contribution in [3.8, 4) is 0 Å². The number of rotatable bonds is 25. The summed E-state index contributed by atoms with van der Waals surface area (Å²) in [7, 11) is -3.97. The Morgan fingerprint density at radius 3 is 0.977 bits per heavy atom. The van der Waals surface area contributed by atoms with Crippen LogP contribution >= 0.6 is 0 Å². The van der Waals surface area contributed by atoms with E-state index >= 15 is 0 Å². The Morgan fingerprint density at radius 2 is 0.698 bits per heavy atom. The summed E-state index contributed by atoms with van der Waals surface area (Å²) in [5.74, 6) is 0. The van der Waals surface area contributed by atoms with Gasteiger partial charge in [-0.1, -0.05) is 81.4 Å². The molecule has 43 heavy (non-hydrogen) atoms. The molecule has 0 aromatic heterocycles. The lowest BCUT2D eigenvalue weighted by Gasteiger charge is -2.43. The molecule has 0 fully saturated rings. The van der Waals surface area contributed by atoms with Gasteiger partial charge in [0.05, 0.1) is 92.5 Å². The van der Waals surface area contributed by atoms with Crippen molar-refractivity contribution >= 4 is 27.0 Å². The average molecular weight is 637 g/mol. The molecule has 0 saturated heterocycles. The van der Waals surface area contributed by atoms with Gasteiger partial charge in [0.1, 0.15) is 0 Å². The molecule has 0 atom stereocenters. The third-order valence-corrected chi connectivity index (χ3v) is 12.7. The van der Waals surface area contributed by atoms with Gasteiger partial charge in [0, 0.05) is 0 Å². The topological polar surface area (TPSA) is 73.8 Å². The quantitative estimate of drug-likeness (QED) is 0.116. The van der Waals surface area contributed by atoms with Crippen LogP contribution in [-0.2, 0) is 37.3 Å². The van der Waals surface area contributed by atoms with E-state index in [1.807, 2.05) is 0 Å². The van der Waals surface area contributed by atoms with Gasteiger partial charge in [0.25, 0.3) is 8.32 Å². The fraction of sp³-hybridized carbons (Fsp3) is 0.636. The molecular formula is C33H56O8Si2. The molecule has 0 amide bonds. The third kappa shape index (κ3) is 15.4. The van der Waals surface area contributed by atoms with Crippen LogP contribution in [0.1, 0.15) is 20.8 Å². The molecule has 2 aromatic rings. The lowest BCUT2D eigenvalue weighted by Crippen LogP contribution is -2.66. The summed E-state index contributed by atoms with van der Waals surface area (Å²) in [5.41, 5.74) is 0. The average Bonchev–Trinajstić information content (AvgIpc) is 2.97. The fourth-order valence-electron chi connectivity index (χ4n) is 4.62. The molecule has 10 heteroatoms. The Balaban J connectivity index is 1.47. The van der Waals surface area contributed by atoms with Crippen LogP contribution in [0.15, 0.2) is 60.7 Å². The van der Waals surface area contributed by atoms with Gasteiger partial charge < -0.3 is 37.3 Å². The summed E-state index contributed by atoms with van der Waals surface area (Å²) in [6.45, 7) is 21.0. The van der Waals surface area contributed by atoms with Crippen LogP contribution in [0, 0.1) is 0 Å². The van der Waals surface area contributed by atoms with E-state index in [9.17, 15) is 0 Å². The Kier molecular flexibility index (Phi) is 18.7. The molecule has 0 spiro atoms. The predicted octanol–water partition coefficient (Wildman–Crippen LogP) is 4.51. The minimum absolute atomic E-state index is 0.0458. The van der Waals surface area contributed by atoms with Crippen molar-refractivity contribution in [2.45, 2.75) is 45.5 Å². The van der Waals surface area contributed by atoms with Crippen molar-refractivity contribution in [2.24, 2.45) is 0 Å². The van der Waals surface area contributed by atoms with Crippen molar-refractivity contribution in [1.29, 1.82) is 0 Å². The molecule has 0 heterocycles. The second-order valence-electron chi connectivity index (χ2n) is 12.1. The molecule has 0 radical (unpaired) electrons. The van der Waals surface area contributed by atoms with Crippen LogP contribution in [-0.4, -0.2) is 109 Å². The number of benzene rings is 2. The highest BCUT2D eigenvalue weighted by atomic mass is 28.4. The summed E-state index contributed by atoms with van der Waals surface area (Å²) in [6, 6.07) is 21.3. The van der Waals surface area contributed by atoms with E-state index in [1.54, 1.807) is 0 Å². The first-order chi connectivity index (χ1) is 20.7. The minimum Gasteiger partial charge on any atom is -0.415 e. The van der Waals surface area contributed by atoms with Gasteiger partial charge in [-0.2, -0.15) is 0 Å². The molecule has 8 nitrogen and oxygen atoms in total. The normalized spacial score (nSPS) is 12.6. The van der Waals surface area contributed by atoms with Crippen molar-refractivity contribution in [3.63, 3.8) is 0 Å². The predicted molar refractivity (Wildman–Crippen MR) is 178 cm³/mol. The first-order valence-electron chi connectivity index (χ1n) is 15.5. The Bertz CT molecular complexity index is 896. The van der Waals surface area contributed by atoms with Crippen LogP contribution in [0.4, 0.5) is 0 Å². The summed E-state index contributed by atoms with van der Waals surface area (Å²) >= 11 is 0. The molecule has 0 aliphatic rings. The minimum atomic E-state index is -2.52. The van der Waals surface area contributed by atoms with Crippen LogP contribution in [0.3, 0.4) is 0 Å². The second kappa shape index (κ2) is 21.3. The summed E-state index contributed by atoms with van der Waals surface area (Å²) in [5, 5.41) is 2.50. The molecule has 0 aliphatic carbocycles. The first kappa shape index (κ1) is 37.7. The van der Waals surface area contributed by atoms with E-state index in [0.717, 1.165) is 0 Å². The summed E-state index contributed by atoms with van der Waals surface area (Å²) < 4.78 is 46.1. The number of hydrogen-bond acceptors (Lipinski definition) is 8. The zero-order valence-corrected chi connectivity index (χ0v) is 29.4. The van der Waals surface area contributed by atoms with Crippen LogP contribution in [0.5, 0.6) is 0 Å². The van der Waals surface area contributed by atoms with Crippen molar-refractivity contribution < 1.29 is 37.3 Å². The largest absolute Gasteiger partial charge is 0.415 e. The van der Waals surface area contributed by atoms with E-state index in [0.29, 0.717) is 92.5 Å². The van der Waals surface area contributed by atoms with Crippen molar-refractivity contribution in [3.05, 3.63) is 60.7 Å². The zero-order chi connectivity index (χ0) is 31.3. The van der Waals surface area contributed by atoms with E-state index < -0.39 is 16.6 Å². The van der Waals surface area contributed by atoms with Gasteiger partial charge in [0.2, 0.25) is 0 Å². The summed E-state index contributed by atoms with van der Waals surface area (Å²) in [4.78, 5) is 0. The standard InChI is InChI=1S/C33H56O8Si2/c1-33(2,3)43(31-13-9-7-10-14-31,32-15-11-8-12-16-32)41-30-28-39-26-24-37-22-20-35-18-17-34-19-21-36-23-25-38-27-29-40-42(4,5)6/h7-16H,17-30H2,1-6H3. The van der Waals surface area contributed by atoms with Gasteiger partial charge in [-0.15, -0.1) is 0 Å². The van der Waals surface area contributed by atoms with E-state index in [2.05, 4.69) is 101 Å². The van der Waals surface area contributed by atoms with Gasteiger partial charge in [-0.25, -0.2) is 0 Å². The van der Waals surface area contributed by atoms with E-state index in [1.165, 1.54) is 10.4 Å². The first-order valence-corrected chi connectivity index (χ1v) is 20.8. The highest BCUT2D eigenvalue weighted by Crippen LogP contribution is 2.36. The Labute approximate surface area is 262 Å². The lowest BCUT2D eigenvalue weighted by atomic mass is 10.2. The number of ether oxygens (including phenoxy) is 6. The lowest BCUT2D eigenvalue weighted by molar-refractivity contribution is -0.0189. The number of hydrogen-bond donors (Lipinski definition) is 0. The van der Waals surface area contributed by atoms with Gasteiger partial charge in [-0.05, 0) is 35.1 Å². The summed E-state index contributed by atoms with van der Waals surface area (Å²) in [6.07, 6.45) is 0. The van der Waals surface area contributed by atoms with Crippen molar-refractivity contribution in [2.75, 3.05) is 92.5 Å². The Hall–Kier alpha value is -1.45. The second-order valence-corrected chi connectivity index (χ2v) is 21.0. The fourth-order valence-corrected chi connectivity index (χ4v) is 9.86. The van der Waals surface area contributed by atoms with E-state index in [4.69, 9.17) is 37.3 Å². The molecule has 0 unspecified atom stereocenters.